The van der Waals surface area contributed by atoms with Crippen molar-refractivity contribution in [1.82, 2.24) is 0 Å². The fourth-order valence-corrected chi connectivity index (χ4v) is 6.43. The molecule has 0 aromatic rings. The van der Waals surface area contributed by atoms with Crippen LogP contribution in [0.15, 0.2) is 11.1 Å². The van der Waals surface area contributed by atoms with Gasteiger partial charge in [-0.15, -0.1) is 0 Å². The summed E-state index contributed by atoms with van der Waals surface area (Å²) in [5.41, 5.74) is 2.58. The van der Waals surface area contributed by atoms with Crippen LogP contribution in [0.5, 0.6) is 0 Å². The van der Waals surface area contributed by atoms with Gasteiger partial charge in [-0.2, -0.15) is 0 Å². The molecule has 3 aliphatic rings. The molecule has 1 saturated carbocycles. The van der Waals surface area contributed by atoms with Gasteiger partial charge in [-0.25, -0.2) is 0 Å². The highest BCUT2D eigenvalue weighted by Crippen LogP contribution is 2.62. The van der Waals surface area contributed by atoms with E-state index in [2.05, 4.69) is 20.8 Å². The molecule has 5 unspecified atom stereocenters. The zero-order valence-electron chi connectivity index (χ0n) is 16.0. The topological polar surface area (TPSA) is 46.5 Å². The zero-order valence-corrected chi connectivity index (χ0v) is 16.0. The first-order chi connectivity index (χ1) is 11.3. The number of allylic oxidation sites excluding steroid dienone is 1. The van der Waals surface area contributed by atoms with E-state index in [4.69, 9.17) is 4.74 Å². The molecule has 0 spiro atoms. The molecule has 0 amide bonds. The summed E-state index contributed by atoms with van der Waals surface area (Å²) in [5, 5.41) is 9.92. The lowest BCUT2D eigenvalue weighted by molar-refractivity contribution is -0.159. The van der Waals surface area contributed by atoms with E-state index in [0.29, 0.717) is 11.8 Å². The Labute approximate surface area is 146 Å². The highest BCUT2D eigenvalue weighted by atomic mass is 16.5. The Morgan fingerprint density at radius 3 is 2.50 bits per heavy atom. The minimum Gasteiger partial charge on any atom is -0.481 e. The van der Waals surface area contributed by atoms with E-state index in [-0.39, 0.29) is 17.4 Å². The fraction of sp³-hybridized carbons (Fsp3) is 0.857. The number of carboxylic acid groups (broad SMARTS) is 1. The summed E-state index contributed by atoms with van der Waals surface area (Å²) in [5.74, 6) is 0.901. The molecule has 0 radical (unpaired) electrons. The van der Waals surface area contributed by atoms with Crippen LogP contribution >= 0.6 is 0 Å². The standard InChI is InChI=1S/C21H34O3/c1-13(2)14-7-9-16-15(18(14)24-5)8-10-17-20(16,3)11-6-12-21(17,4)19(22)23/h13-14,17-18H,6-12H2,1-5H3,(H,22,23). The zero-order chi connectivity index (χ0) is 17.7. The maximum atomic E-state index is 12.1. The fourth-order valence-electron chi connectivity index (χ4n) is 6.43. The second-order valence-corrected chi connectivity index (χ2v) is 9.19. The maximum Gasteiger partial charge on any atom is 0.309 e. The highest BCUT2D eigenvalue weighted by Gasteiger charge is 2.57. The number of rotatable bonds is 3. The largest absolute Gasteiger partial charge is 0.481 e. The van der Waals surface area contributed by atoms with E-state index in [1.807, 2.05) is 14.0 Å². The summed E-state index contributed by atoms with van der Waals surface area (Å²) in [7, 11) is 1.85. The highest BCUT2D eigenvalue weighted by molar-refractivity contribution is 5.75. The molecule has 3 nitrogen and oxygen atoms in total. The summed E-state index contributed by atoms with van der Waals surface area (Å²) >= 11 is 0. The van der Waals surface area contributed by atoms with E-state index < -0.39 is 11.4 Å². The van der Waals surface area contributed by atoms with Crippen LogP contribution in [-0.2, 0) is 9.53 Å². The molecule has 0 aromatic heterocycles. The summed E-state index contributed by atoms with van der Waals surface area (Å²) in [4.78, 5) is 12.1. The minimum absolute atomic E-state index is 0.0533. The van der Waals surface area contributed by atoms with Crippen LogP contribution in [-0.4, -0.2) is 24.3 Å². The van der Waals surface area contributed by atoms with Crippen molar-refractivity contribution in [3.05, 3.63) is 11.1 Å². The Morgan fingerprint density at radius 2 is 1.92 bits per heavy atom. The predicted molar refractivity (Wildman–Crippen MR) is 95.8 cm³/mol. The number of methoxy groups -OCH3 is 1. The van der Waals surface area contributed by atoms with Crippen molar-refractivity contribution in [3.8, 4) is 0 Å². The molecule has 0 aliphatic heterocycles. The Morgan fingerprint density at radius 1 is 1.21 bits per heavy atom. The first-order valence-electron chi connectivity index (χ1n) is 9.74. The first-order valence-corrected chi connectivity index (χ1v) is 9.74. The molecular weight excluding hydrogens is 300 g/mol. The SMILES string of the molecule is COC1C2=C(CCC1C(C)C)C1(C)CCCC(C)(C(=O)O)C1CC2. The molecule has 5 atom stereocenters. The molecule has 136 valence electrons. The van der Waals surface area contributed by atoms with Crippen molar-refractivity contribution in [2.75, 3.05) is 7.11 Å². The third kappa shape index (κ3) is 2.46. The summed E-state index contributed by atoms with van der Waals surface area (Å²) in [6.45, 7) is 8.96. The number of fused-ring (bicyclic) bond motifs is 2. The number of carboxylic acids is 1. The number of hydrogen-bond acceptors (Lipinski definition) is 2. The monoisotopic (exact) mass is 334 g/mol. The van der Waals surface area contributed by atoms with Crippen molar-refractivity contribution in [1.29, 1.82) is 0 Å². The lowest BCUT2D eigenvalue weighted by atomic mass is 9.47. The van der Waals surface area contributed by atoms with Gasteiger partial charge in [-0.1, -0.05) is 32.8 Å². The Balaban J connectivity index is 2.03. The predicted octanol–water partition coefficient (Wildman–Crippen LogP) is 5.06. The lowest BCUT2D eigenvalue weighted by Gasteiger charge is -2.57. The van der Waals surface area contributed by atoms with Crippen LogP contribution in [0.25, 0.3) is 0 Å². The number of ether oxygens (including phenoxy) is 1. The van der Waals surface area contributed by atoms with Crippen molar-refractivity contribution < 1.29 is 14.6 Å². The second-order valence-electron chi connectivity index (χ2n) is 9.19. The van der Waals surface area contributed by atoms with Crippen LogP contribution in [0.2, 0.25) is 0 Å². The van der Waals surface area contributed by atoms with Gasteiger partial charge in [-0.05, 0) is 74.2 Å². The van der Waals surface area contributed by atoms with Crippen LogP contribution in [0.3, 0.4) is 0 Å². The van der Waals surface area contributed by atoms with Crippen molar-refractivity contribution >= 4 is 5.97 Å². The van der Waals surface area contributed by atoms with Gasteiger partial charge in [0.05, 0.1) is 11.5 Å². The molecular formula is C21H34O3. The summed E-state index contributed by atoms with van der Waals surface area (Å²) in [6, 6.07) is 0. The van der Waals surface area contributed by atoms with E-state index in [0.717, 1.165) is 38.5 Å². The van der Waals surface area contributed by atoms with Crippen LogP contribution in [0.1, 0.15) is 72.6 Å². The molecule has 3 aliphatic carbocycles. The summed E-state index contributed by atoms with van der Waals surface area (Å²) in [6.07, 6.45) is 7.59. The molecule has 1 fully saturated rings. The van der Waals surface area contributed by atoms with Crippen molar-refractivity contribution in [2.45, 2.75) is 78.7 Å². The third-order valence-electron chi connectivity index (χ3n) is 7.77. The second kappa shape index (κ2) is 6.16. The van der Waals surface area contributed by atoms with E-state index in [9.17, 15) is 9.90 Å². The number of aliphatic carboxylic acids is 1. The van der Waals surface area contributed by atoms with Gasteiger partial charge in [0.15, 0.2) is 0 Å². The normalized spacial score (nSPS) is 42.7. The smallest absolute Gasteiger partial charge is 0.309 e. The van der Waals surface area contributed by atoms with Gasteiger partial charge >= 0.3 is 5.97 Å². The molecule has 3 rings (SSSR count). The molecule has 1 N–H and O–H groups in total. The van der Waals surface area contributed by atoms with Gasteiger partial charge in [0.2, 0.25) is 0 Å². The number of hydrogen-bond donors (Lipinski definition) is 1. The molecule has 0 saturated heterocycles. The third-order valence-corrected chi connectivity index (χ3v) is 7.77. The average molecular weight is 335 g/mol. The quantitative estimate of drug-likeness (QED) is 0.734. The van der Waals surface area contributed by atoms with E-state index in [1.165, 1.54) is 12.0 Å². The van der Waals surface area contributed by atoms with Crippen LogP contribution in [0, 0.1) is 28.6 Å². The van der Waals surface area contributed by atoms with E-state index >= 15 is 0 Å². The molecule has 0 bridgehead atoms. The maximum absolute atomic E-state index is 12.1. The van der Waals surface area contributed by atoms with Gasteiger partial charge in [0.25, 0.3) is 0 Å². The van der Waals surface area contributed by atoms with Gasteiger partial charge in [-0.3, -0.25) is 4.79 Å². The number of carbonyl (C=O) groups is 1. The van der Waals surface area contributed by atoms with Gasteiger partial charge in [0.1, 0.15) is 0 Å². The Kier molecular flexibility index (Phi) is 4.61. The minimum atomic E-state index is -0.596. The van der Waals surface area contributed by atoms with Crippen molar-refractivity contribution in [2.24, 2.45) is 28.6 Å². The lowest BCUT2D eigenvalue weighted by Crippen LogP contribution is -2.52. The average Bonchev–Trinajstić information content (AvgIpc) is 2.53. The first kappa shape index (κ1) is 18.0. The van der Waals surface area contributed by atoms with E-state index in [1.54, 1.807) is 5.57 Å². The molecule has 24 heavy (non-hydrogen) atoms. The van der Waals surface area contributed by atoms with Crippen LogP contribution < -0.4 is 0 Å². The molecule has 3 heteroatoms. The van der Waals surface area contributed by atoms with Gasteiger partial charge in [0, 0.05) is 7.11 Å². The van der Waals surface area contributed by atoms with Crippen LogP contribution in [0.4, 0.5) is 0 Å². The summed E-state index contributed by atoms with van der Waals surface area (Å²) < 4.78 is 5.98. The molecule has 0 heterocycles. The van der Waals surface area contributed by atoms with Gasteiger partial charge < -0.3 is 9.84 Å². The van der Waals surface area contributed by atoms with Crippen molar-refractivity contribution in [3.63, 3.8) is 0 Å². The Bertz CT molecular complexity index is 549. The molecule has 0 aromatic carbocycles. The Hall–Kier alpha value is -0.830.